The van der Waals surface area contributed by atoms with Gasteiger partial charge in [-0.2, -0.15) is 0 Å². The van der Waals surface area contributed by atoms with Gasteiger partial charge in [0.1, 0.15) is 26.8 Å². The number of aromatic nitrogens is 1. The fourth-order valence-corrected chi connectivity index (χ4v) is 7.89. The molecule has 0 saturated carbocycles. The van der Waals surface area contributed by atoms with Gasteiger partial charge in [0.05, 0.1) is 18.7 Å². The summed E-state index contributed by atoms with van der Waals surface area (Å²) in [4.78, 5) is 77.3. The van der Waals surface area contributed by atoms with Crippen LogP contribution in [-0.4, -0.2) is 111 Å². The van der Waals surface area contributed by atoms with Crippen molar-refractivity contribution in [3.8, 4) is 0 Å². The summed E-state index contributed by atoms with van der Waals surface area (Å²) >= 11 is 7.55. The highest BCUT2D eigenvalue weighted by Gasteiger charge is 2.53. The highest BCUT2D eigenvalue weighted by molar-refractivity contribution is 7.36. The Bertz CT molecular complexity index is 1570. The number of halogens is 1. The first-order valence-electron chi connectivity index (χ1n) is 14.4. The average Bonchev–Trinajstić information content (AvgIpc) is 3.73. The number of thiazole rings is 1. The number of hydrogen-bond acceptors (Lipinski definition) is 9. The monoisotopic (exact) mass is 674 g/mol. The molecule has 16 heteroatoms. The molecule has 0 aliphatic carbocycles. The van der Waals surface area contributed by atoms with E-state index in [2.05, 4.69) is 28.2 Å². The Morgan fingerprint density at radius 3 is 2.73 bits per heavy atom. The summed E-state index contributed by atoms with van der Waals surface area (Å²) in [5.74, 6) is -2.77. The van der Waals surface area contributed by atoms with E-state index in [1.807, 2.05) is 0 Å². The number of likely N-dealkylation sites (tertiary alicyclic amines) is 2. The van der Waals surface area contributed by atoms with E-state index in [0.717, 1.165) is 8.20 Å². The van der Waals surface area contributed by atoms with Gasteiger partial charge in [0.15, 0.2) is 5.71 Å². The molecule has 0 radical (unpaired) electrons. The number of aliphatic carboxylic acids is 1. The summed E-state index contributed by atoms with van der Waals surface area (Å²) in [6.07, 6.45) is 8.39. The zero-order valence-electron chi connectivity index (χ0n) is 24.5. The summed E-state index contributed by atoms with van der Waals surface area (Å²) in [7, 11) is 0.831. The van der Waals surface area contributed by atoms with Crippen LogP contribution in [0.3, 0.4) is 0 Å². The Balaban J connectivity index is 1.30. The molecular weight excluding hydrogens is 643 g/mol. The van der Waals surface area contributed by atoms with Crippen molar-refractivity contribution in [1.29, 1.82) is 0 Å². The van der Waals surface area contributed by atoms with Crippen molar-refractivity contribution in [3.63, 3.8) is 0 Å². The molecule has 4 amide bonds. The van der Waals surface area contributed by atoms with Crippen molar-refractivity contribution in [2.24, 2.45) is 4.99 Å². The van der Waals surface area contributed by atoms with E-state index in [1.54, 1.807) is 22.8 Å². The van der Waals surface area contributed by atoms with Gasteiger partial charge in [-0.25, -0.2) is 19.6 Å². The van der Waals surface area contributed by atoms with Crippen LogP contribution in [0.2, 0.25) is 4.34 Å². The predicted molar refractivity (Wildman–Crippen MR) is 169 cm³/mol. The third-order valence-electron chi connectivity index (χ3n) is 8.14. The number of carbonyl (C=O) groups is 5. The summed E-state index contributed by atoms with van der Waals surface area (Å²) in [6.45, 7) is 6.89. The SMILES string of the molecule is C=CN=C(C(=O)NC1C(=O)N2C(C(=O)O)=C(C=C3CCN(C4CCN(C(=O)OCC)C4)C3=O)CCC12)c1nc(CP=C)sc1Cl. The average molecular weight is 675 g/mol. The third-order valence-corrected chi connectivity index (χ3v) is 10.1. The molecule has 3 saturated heterocycles. The number of carboxylic acid groups (broad SMARTS) is 1. The van der Waals surface area contributed by atoms with Gasteiger partial charge >= 0.3 is 12.1 Å². The summed E-state index contributed by atoms with van der Waals surface area (Å²) in [6, 6.07) is -1.71. The molecule has 3 unspecified atom stereocenters. The van der Waals surface area contributed by atoms with Crippen molar-refractivity contribution in [2.75, 3.05) is 26.2 Å². The van der Waals surface area contributed by atoms with Crippen LogP contribution < -0.4 is 5.32 Å². The van der Waals surface area contributed by atoms with E-state index in [4.69, 9.17) is 16.3 Å². The molecule has 2 N–H and O–H groups in total. The summed E-state index contributed by atoms with van der Waals surface area (Å²) in [5.41, 5.74) is 0.706. The number of fused-ring (bicyclic) bond motifs is 1. The van der Waals surface area contributed by atoms with Crippen LogP contribution in [0.15, 0.2) is 40.7 Å². The first-order chi connectivity index (χ1) is 21.6. The third kappa shape index (κ3) is 6.31. The predicted octanol–water partition coefficient (Wildman–Crippen LogP) is 2.82. The zero-order chi connectivity index (χ0) is 32.4. The van der Waals surface area contributed by atoms with Gasteiger partial charge < -0.3 is 25.0 Å². The van der Waals surface area contributed by atoms with Crippen LogP contribution in [-0.2, 0) is 30.1 Å². The van der Waals surface area contributed by atoms with Crippen LogP contribution >= 0.6 is 31.1 Å². The lowest BCUT2D eigenvalue weighted by Crippen LogP contribution is -2.72. The lowest BCUT2D eigenvalue weighted by Gasteiger charge is -2.50. The van der Waals surface area contributed by atoms with E-state index < -0.39 is 36.0 Å². The van der Waals surface area contributed by atoms with Crippen molar-refractivity contribution in [3.05, 3.63) is 50.7 Å². The Kier molecular flexibility index (Phi) is 9.85. The van der Waals surface area contributed by atoms with Gasteiger partial charge in [-0.3, -0.25) is 19.3 Å². The Hall–Kier alpha value is -3.87. The number of carboxylic acids is 1. The molecule has 0 spiro atoms. The summed E-state index contributed by atoms with van der Waals surface area (Å²) < 4.78 is 5.34. The molecule has 0 aromatic carbocycles. The molecular formula is C29H32ClN6O7PS. The maximum atomic E-state index is 13.3. The molecule has 45 heavy (non-hydrogen) atoms. The number of carbonyl (C=O) groups excluding carboxylic acids is 4. The lowest BCUT2D eigenvalue weighted by molar-refractivity contribution is -0.155. The second-order valence-electron chi connectivity index (χ2n) is 10.7. The Morgan fingerprint density at radius 2 is 2.04 bits per heavy atom. The first-order valence-corrected chi connectivity index (χ1v) is 16.9. The number of aliphatic imine (C=N–C) groups is 1. The highest BCUT2D eigenvalue weighted by Crippen LogP contribution is 2.39. The zero-order valence-corrected chi connectivity index (χ0v) is 27.0. The second-order valence-corrected chi connectivity index (χ2v) is 13.2. The van der Waals surface area contributed by atoms with Crippen molar-refractivity contribution < 1.29 is 33.8 Å². The van der Waals surface area contributed by atoms with E-state index in [1.165, 1.54) is 22.4 Å². The number of amides is 4. The van der Waals surface area contributed by atoms with Gasteiger partial charge in [0.25, 0.3) is 11.8 Å². The number of ether oxygens (including phenoxy) is 1. The minimum absolute atomic E-state index is 0.100. The summed E-state index contributed by atoms with van der Waals surface area (Å²) in [5, 5.41) is 13.5. The number of allylic oxidation sites excluding steroid dienone is 2. The van der Waals surface area contributed by atoms with Gasteiger partial charge in [-0.15, -0.1) is 19.5 Å². The topological polar surface area (TPSA) is 162 Å². The molecule has 1 aromatic heterocycles. The van der Waals surface area contributed by atoms with Crippen LogP contribution in [0.1, 0.15) is 43.3 Å². The van der Waals surface area contributed by atoms with Crippen LogP contribution in [0.4, 0.5) is 4.79 Å². The van der Waals surface area contributed by atoms with Crippen molar-refractivity contribution in [1.82, 2.24) is 25.0 Å². The first kappa shape index (κ1) is 32.5. The maximum Gasteiger partial charge on any atom is 0.409 e. The molecule has 238 valence electrons. The Morgan fingerprint density at radius 1 is 1.27 bits per heavy atom. The van der Waals surface area contributed by atoms with Gasteiger partial charge in [-0.05, 0) is 44.3 Å². The fraction of sp³-hybridized carbons (Fsp3) is 0.448. The molecule has 3 atom stereocenters. The van der Waals surface area contributed by atoms with Crippen LogP contribution in [0.25, 0.3) is 0 Å². The van der Waals surface area contributed by atoms with Crippen LogP contribution in [0.5, 0.6) is 0 Å². The number of hydrogen-bond donors (Lipinski definition) is 2. The number of rotatable bonds is 10. The number of nitrogens with zero attached hydrogens (tertiary/aromatic N) is 5. The van der Waals surface area contributed by atoms with E-state index in [0.29, 0.717) is 67.6 Å². The lowest BCUT2D eigenvalue weighted by atomic mass is 9.82. The number of nitrogens with one attached hydrogen (secondary N) is 1. The van der Waals surface area contributed by atoms with Gasteiger partial charge in [0, 0.05) is 37.6 Å². The van der Waals surface area contributed by atoms with Crippen molar-refractivity contribution >= 4 is 72.9 Å². The minimum atomic E-state index is -1.30. The van der Waals surface area contributed by atoms with Crippen LogP contribution in [0, 0.1) is 0 Å². The van der Waals surface area contributed by atoms with E-state index >= 15 is 0 Å². The molecule has 13 nitrogen and oxygen atoms in total. The van der Waals surface area contributed by atoms with E-state index in [-0.39, 0.29) is 40.0 Å². The molecule has 4 aliphatic rings. The largest absolute Gasteiger partial charge is 0.477 e. The second kappa shape index (κ2) is 13.6. The standard InChI is InChI=1S/C29H32ClN6O7PS/c1-4-31-22(21-24(30)45-19(32-21)14-44-3)25(37)33-20-18-7-6-15(23(28(40)41)36(18)27(20)39)12-16-8-11-35(26(16)38)17-9-10-34(13-17)29(42)43-5-2/h4,12,17-18,20H,1,3,5-11,13-14H2,2H3,(H,33,37)(H,40,41). The smallest absolute Gasteiger partial charge is 0.409 e. The van der Waals surface area contributed by atoms with E-state index in [9.17, 15) is 29.1 Å². The van der Waals surface area contributed by atoms with Gasteiger partial charge in [0.2, 0.25) is 5.91 Å². The molecule has 0 bridgehead atoms. The minimum Gasteiger partial charge on any atom is -0.477 e. The Labute approximate surface area is 270 Å². The highest BCUT2D eigenvalue weighted by atomic mass is 35.5. The molecule has 4 aliphatic heterocycles. The quantitative estimate of drug-likeness (QED) is 0.166. The van der Waals surface area contributed by atoms with Gasteiger partial charge in [-0.1, -0.05) is 24.5 Å². The fourth-order valence-electron chi connectivity index (χ4n) is 6.12. The molecule has 1 aromatic rings. The maximum absolute atomic E-state index is 13.3. The van der Waals surface area contributed by atoms with Crippen molar-refractivity contribution in [2.45, 2.75) is 56.9 Å². The normalized spacial score (nSPS) is 24.3. The molecule has 5 rings (SSSR count). The molecule has 3 fully saturated rings. The number of β-lactam (4-membered cyclic amide) rings is 1. The molecule has 5 heterocycles.